The van der Waals surface area contributed by atoms with Gasteiger partial charge in [0.2, 0.25) is 5.82 Å². The highest BCUT2D eigenvalue weighted by Gasteiger charge is 2.20. The minimum Gasteiger partial charge on any atom is -0.444 e. The van der Waals surface area contributed by atoms with E-state index < -0.39 is 17.6 Å². The molecular weight excluding hydrogens is 464 g/mol. The Balaban J connectivity index is 1.53. The molecule has 1 aromatic carbocycles. The van der Waals surface area contributed by atoms with Gasteiger partial charge in [0.25, 0.3) is 5.91 Å². The molecule has 0 aliphatic carbocycles. The summed E-state index contributed by atoms with van der Waals surface area (Å²) >= 11 is 1.59. The Labute approximate surface area is 209 Å². The number of hydrogen-bond donors (Lipinski definition) is 2. The van der Waals surface area contributed by atoms with E-state index in [9.17, 15) is 9.59 Å². The van der Waals surface area contributed by atoms with Gasteiger partial charge < -0.3 is 19.9 Å². The molecule has 10 heteroatoms. The summed E-state index contributed by atoms with van der Waals surface area (Å²) in [6.07, 6.45) is 2.74. The normalized spacial score (nSPS) is 14.5. The van der Waals surface area contributed by atoms with Gasteiger partial charge in [0.05, 0.1) is 29.5 Å². The maximum atomic E-state index is 13.0. The number of ether oxygens (including phenoxy) is 1. The van der Waals surface area contributed by atoms with Gasteiger partial charge in [-0.15, -0.1) is 11.3 Å². The summed E-state index contributed by atoms with van der Waals surface area (Å²) in [7, 11) is 2.10. The Morgan fingerprint density at radius 3 is 2.34 bits per heavy atom. The fraction of sp³-hybridized carbons (Fsp3) is 0.360. The summed E-state index contributed by atoms with van der Waals surface area (Å²) in [6, 6.07) is 9.39. The van der Waals surface area contributed by atoms with Gasteiger partial charge >= 0.3 is 6.09 Å². The van der Waals surface area contributed by atoms with E-state index in [2.05, 4.69) is 37.4 Å². The molecule has 3 aromatic rings. The fourth-order valence-electron chi connectivity index (χ4n) is 3.61. The highest BCUT2D eigenvalue weighted by molar-refractivity contribution is 7.13. The van der Waals surface area contributed by atoms with E-state index in [1.54, 1.807) is 50.6 Å². The maximum absolute atomic E-state index is 13.0. The van der Waals surface area contributed by atoms with Crippen LogP contribution in [0.5, 0.6) is 0 Å². The average Bonchev–Trinajstić information content (AvgIpc) is 3.35. The first kappa shape index (κ1) is 24.6. The van der Waals surface area contributed by atoms with Crippen molar-refractivity contribution in [3.8, 4) is 10.4 Å². The molecule has 3 heterocycles. The number of carbonyl (C=O) groups excluding carboxylic acids is 2. The monoisotopic (exact) mass is 494 g/mol. The number of nitrogens with zero attached hydrogens (tertiary/aromatic N) is 4. The molecule has 1 aliphatic rings. The van der Waals surface area contributed by atoms with Crippen molar-refractivity contribution in [1.29, 1.82) is 0 Å². The predicted molar refractivity (Wildman–Crippen MR) is 139 cm³/mol. The quantitative estimate of drug-likeness (QED) is 0.536. The number of likely N-dealkylation sites (N-methyl/N-ethyl adjacent to an activating group) is 1. The van der Waals surface area contributed by atoms with Crippen molar-refractivity contribution in [3.05, 3.63) is 53.9 Å². The molecule has 0 bridgehead atoms. The van der Waals surface area contributed by atoms with E-state index >= 15 is 0 Å². The lowest BCUT2D eigenvalue weighted by Gasteiger charge is -2.33. The van der Waals surface area contributed by atoms with Crippen LogP contribution < -0.4 is 15.5 Å². The molecule has 0 spiro atoms. The van der Waals surface area contributed by atoms with Gasteiger partial charge in [-0.2, -0.15) is 0 Å². The minimum absolute atomic E-state index is 0.0487. The van der Waals surface area contributed by atoms with Crippen LogP contribution in [0.2, 0.25) is 0 Å². The molecule has 0 unspecified atom stereocenters. The summed E-state index contributed by atoms with van der Waals surface area (Å²) in [5.74, 6) is -0.418. The van der Waals surface area contributed by atoms with Crippen LogP contribution >= 0.6 is 11.3 Å². The number of anilines is 3. The highest BCUT2D eigenvalue weighted by Crippen LogP contribution is 2.32. The molecule has 9 nitrogen and oxygen atoms in total. The first-order valence-electron chi connectivity index (χ1n) is 11.4. The van der Waals surface area contributed by atoms with Crippen LogP contribution in [0.25, 0.3) is 10.4 Å². The molecule has 4 rings (SSSR count). The van der Waals surface area contributed by atoms with Crippen molar-refractivity contribution >= 4 is 40.4 Å². The second-order valence-corrected chi connectivity index (χ2v) is 10.3. The summed E-state index contributed by atoms with van der Waals surface area (Å²) in [5.41, 5.74) is 2.00. The number of benzene rings is 1. The summed E-state index contributed by atoms with van der Waals surface area (Å²) < 4.78 is 5.37. The van der Waals surface area contributed by atoms with Crippen molar-refractivity contribution in [1.82, 2.24) is 14.9 Å². The Kier molecular flexibility index (Phi) is 7.32. The van der Waals surface area contributed by atoms with Crippen molar-refractivity contribution in [2.24, 2.45) is 0 Å². The predicted octanol–water partition coefficient (Wildman–Crippen LogP) is 4.56. The van der Waals surface area contributed by atoms with Crippen molar-refractivity contribution in [3.63, 3.8) is 0 Å². The lowest BCUT2D eigenvalue weighted by Crippen LogP contribution is -2.44. The van der Waals surface area contributed by atoms with E-state index in [-0.39, 0.29) is 5.82 Å². The van der Waals surface area contributed by atoms with Crippen LogP contribution in [0.3, 0.4) is 0 Å². The molecule has 184 valence electrons. The van der Waals surface area contributed by atoms with Crippen molar-refractivity contribution in [2.75, 3.05) is 48.8 Å². The largest absolute Gasteiger partial charge is 0.444 e. The molecule has 1 saturated heterocycles. The third-order valence-electron chi connectivity index (χ3n) is 5.42. The van der Waals surface area contributed by atoms with Gasteiger partial charge in [-0.25, -0.2) is 14.8 Å². The number of rotatable bonds is 5. The van der Waals surface area contributed by atoms with Gasteiger partial charge in [0.1, 0.15) is 5.60 Å². The first-order chi connectivity index (χ1) is 16.7. The second kappa shape index (κ2) is 10.4. The fourth-order valence-corrected chi connectivity index (χ4v) is 4.33. The number of hydrogen-bond acceptors (Lipinski definition) is 8. The van der Waals surface area contributed by atoms with Gasteiger partial charge in [-0.05, 0) is 57.0 Å². The number of piperazine rings is 1. The van der Waals surface area contributed by atoms with Gasteiger partial charge in [-0.1, -0.05) is 12.1 Å². The maximum Gasteiger partial charge on any atom is 0.412 e. The van der Waals surface area contributed by atoms with Crippen LogP contribution in [0.4, 0.5) is 21.9 Å². The van der Waals surface area contributed by atoms with E-state index in [1.165, 1.54) is 0 Å². The summed E-state index contributed by atoms with van der Waals surface area (Å²) in [6.45, 7) is 9.09. The van der Waals surface area contributed by atoms with E-state index in [1.807, 2.05) is 29.6 Å². The molecular formula is C25H30N6O3S. The Bertz CT molecular complexity index is 1170. The van der Waals surface area contributed by atoms with Gasteiger partial charge in [-0.3, -0.25) is 10.1 Å². The van der Waals surface area contributed by atoms with Crippen LogP contribution in [0.15, 0.2) is 48.1 Å². The zero-order valence-corrected chi connectivity index (χ0v) is 21.2. The number of carbonyl (C=O) groups is 2. The SMILES string of the molecule is CN1CCN(c2cnc(C(=O)Nc3cc(-c4cccs4)ccc3NC(=O)OC(C)(C)C)nc2)CC1. The zero-order chi connectivity index (χ0) is 25.0. The third kappa shape index (κ3) is 6.55. The van der Waals surface area contributed by atoms with E-state index in [4.69, 9.17) is 4.74 Å². The minimum atomic E-state index is -0.649. The summed E-state index contributed by atoms with van der Waals surface area (Å²) in [5, 5.41) is 7.56. The van der Waals surface area contributed by atoms with E-state index in [0.717, 1.165) is 42.3 Å². The molecule has 2 N–H and O–H groups in total. The molecule has 0 radical (unpaired) electrons. The third-order valence-corrected chi connectivity index (χ3v) is 6.34. The highest BCUT2D eigenvalue weighted by atomic mass is 32.1. The smallest absolute Gasteiger partial charge is 0.412 e. The first-order valence-corrected chi connectivity index (χ1v) is 12.3. The lowest BCUT2D eigenvalue weighted by molar-refractivity contribution is 0.0635. The molecule has 1 fully saturated rings. The number of aromatic nitrogens is 2. The standard InChI is InChI=1S/C25H30N6O3S/c1-25(2,3)34-24(33)29-19-8-7-17(21-6-5-13-35-21)14-20(19)28-23(32)22-26-15-18(16-27-22)31-11-9-30(4)10-12-31/h5-8,13-16H,9-12H2,1-4H3,(H,28,32)(H,29,33). The summed E-state index contributed by atoms with van der Waals surface area (Å²) in [4.78, 5) is 39.5. The van der Waals surface area contributed by atoms with Crippen molar-refractivity contribution < 1.29 is 14.3 Å². The number of thiophene rings is 1. The van der Waals surface area contributed by atoms with Crippen LogP contribution in [0, 0.1) is 0 Å². The number of nitrogens with one attached hydrogen (secondary N) is 2. The molecule has 35 heavy (non-hydrogen) atoms. The van der Waals surface area contributed by atoms with Gasteiger partial charge in [0, 0.05) is 31.1 Å². The van der Waals surface area contributed by atoms with Crippen LogP contribution in [-0.4, -0.2) is 65.7 Å². The number of amides is 2. The zero-order valence-electron chi connectivity index (χ0n) is 20.4. The van der Waals surface area contributed by atoms with E-state index in [0.29, 0.717) is 11.4 Å². The Hall–Kier alpha value is -3.50. The molecule has 0 saturated carbocycles. The van der Waals surface area contributed by atoms with Crippen LogP contribution in [0.1, 0.15) is 31.4 Å². The Morgan fingerprint density at radius 2 is 1.71 bits per heavy atom. The molecule has 0 atom stereocenters. The molecule has 1 aliphatic heterocycles. The second-order valence-electron chi connectivity index (χ2n) is 9.37. The van der Waals surface area contributed by atoms with Crippen molar-refractivity contribution in [2.45, 2.75) is 26.4 Å². The molecule has 2 amide bonds. The van der Waals surface area contributed by atoms with Crippen LogP contribution in [-0.2, 0) is 4.74 Å². The lowest BCUT2D eigenvalue weighted by atomic mass is 10.1. The van der Waals surface area contributed by atoms with Gasteiger partial charge in [0.15, 0.2) is 0 Å². The topological polar surface area (TPSA) is 99.7 Å². The Morgan fingerprint density at radius 1 is 1.00 bits per heavy atom. The average molecular weight is 495 g/mol. The molecule has 2 aromatic heterocycles.